The lowest BCUT2D eigenvalue weighted by atomic mass is 9.91. The summed E-state index contributed by atoms with van der Waals surface area (Å²) in [7, 11) is 0. The molecular weight excluding hydrogens is 246 g/mol. The summed E-state index contributed by atoms with van der Waals surface area (Å²) in [4.78, 5) is 12.2. The number of furan rings is 1. The smallest absolute Gasteiger partial charge is 0.223 e. The van der Waals surface area contributed by atoms with Gasteiger partial charge < -0.3 is 19.6 Å². The second-order valence-corrected chi connectivity index (χ2v) is 5.18. The predicted molar refractivity (Wildman–Crippen MR) is 69.4 cm³/mol. The fourth-order valence-electron chi connectivity index (χ4n) is 2.61. The molecule has 0 bridgehead atoms. The first-order valence-corrected chi connectivity index (χ1v) is 6.70. The number of hydrogen-bond donors (Lipinski definition) is 2. The summed E-state index contributed by atoms with van der Waals surface area (Å²) in [5.41, 5.74) is 0. The largest absolute Gasteiger partial charge is 0.467 e. The number of aliphatic hydroxyl groups is 1. The van der Waals surface area contributed by atoms with E-state index >= 15 is 0 Å². The first-order chi connectivity index (χ1) is 9.10. The summed E-state index contributed by atoms with van der Waals surface area (Å²) in [6.45, 7) is 3.78. The van der Waals surface area contributed by atoms with Crippen LogP contribution in [-0.4, -0.2) is 29.8 Å². The number of carbonyl (C=O) groups excluding carboxylic acids is 1. The highest BCUT2D eigenvalue weighted by molar-refractivity contribution is 5.79. The molecule has 5 nitrogen and oxygen atoms in total. The van der Waals surface area contributed by atoms with Crippen molar-refractivity contribution in [3.05, 3.63) is 24.2 Å². The summed E-state index contributed by atoms with van der Waals surface area (Å²) in [5, 5.41) is 12.2. The lowest BCUT2D eigenvalue weighted by molar-refractivity contribution is -0.134. The van der Waals surface area contributed by atoms with Gasteiger partial charge in [-0.2, -0.15) is 0 Å². The van der Waals surface area contributed by atoms with Crippen LogP contribution in [-0.2, 0) is 9.53 Å². The number of hydrogen-bond acceptors (Lipinski definition) is 4. The normalized spacial score (nSPS) is 28.9. The van der Waals surface area contributed by atoms with Crippen molar-refractivity contribution in [1.29, 1.82) is 0 Å². The number of ether oxygens (including phenoxy) is 1. The summed E-state index contributed by atoms with van der Waals surface area (Å²) in [6.07, 6.45) is 3.15. The van der Waals surface area contributed by atoms with Crippen LogP contribution in [0.1, 0.15) is 38.5 Å². The molecule has 1 saturated heterocycles. The van der Waals surface area contributed by atoms with Crippen LogP contribution in [0.5, 0.6) is 0 Å². The zero-order valence-corrected chi connectivity index (χ0v) is 11.3. The van der Waals surface area contributed by atoms with Crippen LogP contribution in [0.2, 0.25) is 0 Å². The SMILES string of the molecule is CC1CC(C(=O)NC(CO)c2ccco2)CC(C)O1. The number of aliphatic hydroxyl groups excluding tert-OH is 1. The average molecular weight is 267 g/mol. The van der Waals surface area contributed by atoms with Gasteiger partial charge in [-0.3, -0.25) is 4.79 Å². The summed E-state index contributed by atoms with van der Waals surface area (Å²) in [6, 6.07) is 3.01. The maximum Gasteiger partial charge on any atom is 0.223 e. The minimum atomic E-state index is -0.476. The highest BCUT2D eigenvalue weighted by Crippen LogP contribution is 2.25. The maximum atomic E-state index is 12.2. The molecule has 0 spiro atoms. The Balaban J connectivity index is 1.96. The Morgan fingerprint density at radius 3 is 2.68 bits per heavy atom. The fraction of sp³-hybridized carbons (Fsp3) is 0.643. The summed E-state index contributed by atoms with van der Waals surface area (Å²) >= 11 is 0. The van der Waals surface area contributed by atoms with Crippen LogP contribution in [0.25, 0.3) is 0 Å². The van der Waals surface area contributed by atoms with E-state index in [4.69, 9.17) is 9.15 Å². The molecule has 1 aliphatic heterocycles. The minimum Gasteiger partial charge on any atom is -0.467 e. The van der Waals surface area contributed by atoms with Gasteiger partial charge in [0.2, 0.25) is 5.91 Å². The molecule has 3 unspecified atom stereocenters. The van der Waals surface area contributed by atoms with Crippen LogP contribution in [0.3, 0.4) is 0 Å². The van der Waals surface area contributed by atoms with Gasteiger partial charge in [-0.1, -0.05) is 0 Å². The highest BCUT2D eigenvalue weighted by Gasteiger charge is 2.31. The van der Waals surface area contributed by atoms with E-state index in [1.807, 2.05) is 13.8 Å². The third-order valence-corrected chi connectivity index (χ3v) is 3.45. The Labute approximate surface area is 112 Å². The van der Waals surface area contributed by atoms with Gasteiger partial charge in [0.1, 0.15) is 11.8 Å². The lowest BCUT2D eigenvalue weighted by Gasteiger charge is -2.31. The molecule has 0 aliphatic carbocycles. The van der Waals surface area contributed by atoms with E-state index in [1.54, 1.807) is 12.1 Å². The van der Waals surface area contributed by atoms with Gasteiger partial charge in [-0.05, 0) is 38.8 Å². The molecule has 1 aromatic heterocycles. The Morgan fingerprint density at radius 1 is 1.47 bits per heavy atom. The average Bonchev–Trinajstić information content (AvgIpc) is 2.88. The van der Waals surface area contributed by atoms with E-state index in [1.165, 1.54) is 6.26 Å². The summed E-state index contributed by atoms with van der Waals surface area (Å²) in [5.74, 6) is 0.462. The zero-order valence-electron chi connectivity index (χ0n) is 11.3. The van der Waals surface area contributed by atoms with Crippen molar-refractivity contribution in [3.8, 4) is 0 Å². The lowest BCUT2D eigenvalue weighted by Crippen LogP contribution is -2.41. The van der Waals surface area contributed by atoms with Crippen LogP contribution < -0.4 is 5.32 Å². The number of nitrogens with one attached hydrogen (secondary N) is 1. The van der Waals surface area contributed by atoms with E-state index in [0.717, 1.165) is 0 Å². The van der Waals surface area contributed by atoms with E-state index in [-0.39, 0.29) is 30.6 Å². The highest BCUT2D eigenvalue weighted by atomic mass is 16.5. The predicted octanol–water partition coefficient (Wildman–Crippen LogP) is 1.63. The number of carbonyl (C=O) groups is 1. The van der Waals surface area contributed by atoms with E-state index < -0.39 is 6.04 Å². The Kier molecular flexibility index (Phi) is 4.61. The zero-order chi connectivity index (χ0) is 13.8. The molecule has 2 heterocycles. The molecule has 19 heavy (non-hydrogen) atoms. The first kappa shape index (κ1) is 14.1. The van der Waals surface area contributed by atoms with Crippen LogP contribution in [0, 0.1) is 5.92 Å². The first-order valence-electron chi connectivity index (χ1n) is 6.70. The van der Waals surface area contributed by atoms with Gasteiger partial charge in [0.05, 0.1) is 25.1 Å². The van der Waals surface area contributed by atoms with Crippen LogP contribution in [0.15, 0.2) is 22.8 Å². The molecule has 0 saturated carbocycles. The Hall–Kier alpha value is -1.33. The summed E-state index contributed by atoms with van der Waals surface area (Å²) < 4.78 is 10.8. The minimum absolute atomic E-state index is 0.0440. The van der Waals surface area contributed by atoms with E-state index in [2.05, 4.69) is 5.32 Å². The molecule has 2 N–H and O–H groups in total. The van der Waals surface area contributed by atoms with Crippen molar-refractivity contribution >= 4 is 5.91 Å². The fourth-order valence-corrected chi connectivity index (χ4v) is 2.61. The van der Waals surface area contributed by atoms with E-state index in [0.29, 0.717) is 18.6 Å². The van der Waals surface area contributed by atoms with Crippen molar-refractivity contribution in [2.75, 3.05) is 6.61 Å². The van der Waals surface area contributed by atoms with Gasteiger partial charge in [0.25, 0.3) is 0 Å². The van der Waals surface area contributed by atoms with Gasteiger partial charge in [0, 0.05) is 5.92 Å². The van der Waals surface area contributed by atoms with Gasteiger partial charge >= 0.3 is 0 Å². The molecule has 1 fully saturated rings. The topological polar surface area (TPSA) is 71.7 Å². The molecule has 1 aromatic rings. The maximum absolute atomic E-state index is 12.2. The van der Waals surface area contributed by atoms with Gasteiger partial charge in [-0.25, -0.2) is 0 Å². The number of rotatable bonds is 4. The van der Waals surface area contributed by atoms with E-state index in [9.17, 15) is 9.90 Å². The molecule has 0 aromatic carbocycles. The molecule has 5 heteroatoms. The molecule has 106 valence electrons. The molecule has 1 aliphatic rings. The van der Waals surface area contributed by atoms with Crippen molar-refractivity contribution in [2.24, 2.45) is 5.92 Å². The third-order valence-electron chi connectivity index (χ3n) is 3.45. The second-order valence-electron chi connectivity index (χ2n) is 5.18. The van der Waals surface area contributed by atoms with Crippen molar-refractivity contribution in [2.45, 2.75) is 44.9 Å². The Bertz CT molecular complexity index is 394. The molecule has 2 rings (SSSR count). The van der Waals surface area contributed by atoms with Crippen molar-refractivity contribution in [1.82, 2.24) is 5.32 Å². The molecule has 0 radical (unpaired) electrons. The van der Waals surface area contributed by atoms with Crippen molar-refractivity contribution in [3.63, 3.8) is 0 Å². The van der Waals surface area contributed by atoms with Crippen LogP contribution >= 0.6 is 0 Å². The second kappa shape index (κ2) is 6.21. The van der Waals surface area contributed by atoms with Gasteiger partial charge in [-0.15, -0.1) is 0 Å². The molecular formula is C14H21NO4. The monoisotopic (exact) mass is 267 g/mol. The standard InChI is InChI=1S/C14H21NO4/c1-9-6-11(7-10(2)19-9)14(17)15-12(8-16)13-4-3-5-18-13/h3-5,9-12,16H,6-8H2,1-2H3,(H,15,17). The quantitative estimate of drug-likeness (QED) is 0.869. The molecule has 1 amide bonds. The molecule has 3 atom stereocenters. The van der Waals surface area contributed by atoms with Crippen LogP contribution in [0.4, 0.5) is 0 Å². The number of amides is 1. The third kappa shape index (κ3) is 3.58. The van der Waals surface area contributed by atoms with Crippen molar-refractivity contribution < 1.29 is 19.1 Å². The Morgan fingerprint density at radius 2 is 2.16 bits per heavy atom. The van der Waals surface area contributed by atoms with Gasteiger partial charge in [0.15, 0.2) is 0 Å².